The first-order valence-corrected chi connectivity index (χ1v) is 7.23. The largest absolute Gasteiger partial charge is 0.387 e. The number of hydrogen-bond acceptors (Lipinski definition) is 2. The highest BCUT2D eigenvalue weighted by molar-refractivity contribution is 6.09. The monoisotopic (exact) mass is 282 g/mol. The van der Waals surface area contributed by atoms with E-state index in [9.17, 15) is 4.79 Å². The minimum Gasteiger partial charge on any atom is -0.387 e. The van der Waals surface area contributed by atoms with Crippen LogP contribution in [-0.4, -0.2) is 19.5 Å². The number of aryl methyl sites for hydroxylation is 2. The fourth-order valence-electron chi connectivity index (χ4n) is 2.44. The molecule has 2 aromatic carbocycles. The van der Waals surface area contributed by atoms with Gasteiger partial charge in [0.1, 0.15) is 0 Å². The average Bonchev–Trinajstić information content (AvgIpc) is 2.47. The fraction of sp³-hybridized carbons (Fsp3) is 0.278. The Hall–Kier alpha value is -2.29. The summed E-state index contributed by atoms with van der Waals surface area (Å²) in [7, 11) is 1.84. The van der Waals surface area contributed by atoms with Crippen LogP contribution in [0.5, 0.6) is 0 Å². The van der Waals surface area contributed by atoms with E-state index in [0.29, 0.717) is 12.1 Å². The van der Waals surface area contributed by atoms with Gasteiger partial charge >= 0.3 is 0 Å². The first kappa shape index (κ1) is 15.1. The molecule has 0 bridgehead atoms. The molecule has 3 nitrogen and oxygen atoms in total. The number of benzene rings is 2. The van der Waals surface area contributed by atoms with Crippen molar-refractivity contribution in [2.45, 2.75) is 20.8 Å². The van der Waals surface area contributed by atoms with Crippen LogP contribution in [0.2, 0.25) is 0 Å². The quantitative estimate of drug-likeness (QED) is 0.919. The Morgan fingerprint density at radius 1 is 1.10 bits per heavy atom. The minimum atomic E-state index is 0.0208. The standard InChI is InChI=1S/C18H22N2O/c1-5-20(15-8-6-7-13(2)11-15)18(21)16-10-9-14(3)12-17(16)19-4/h6-12,19H,5H2,1-4H3. The van der Waals surface area contributed by atoms with Gasteiger partial charge in [-0.15, -0.1) is 0 Å². The highest BCUT2D eigenvalue weighted by Gasteiger charge is 2.19. The molecule has 0 saturated heterocycles. The molecule has 21 heavy (non-hydrogen) atoms. The van der Waals surface area contributed by atoms with Crippen LogP contribution in [0, 0.1) is 13.8 Å². The zero-order valence-electron chi connectivity index (χ0n) is 13.1. The molecule has 0 radical (unpaired) electrons. The summed E-state index contributed by atoms with van der Waals surface area (Å²) in [6.07, 6.45) is 0. The Kier molecular flexibility index (Phi) is 4.63. The molecular weight excluding hydrogens is 260 g/mol. The third-order valence-corrected chi connectivity index (χ3v) is 3.55. The summed E-state index contributed by atoms with van der Waals surface area (Å²) in [5, 5.41) is 3.11. The second-order valence-corrected chi connectivity index (χ2v) is 5.19. The smallest absolute Gasteiger partial charge is 0.260 e. The predicted molar refractivity (Wildman–Crippen MR) is 89.3 cm³/mol. The summed E-state index contributed by atoms with van der Waals surface area (Å²) in [4.78, 5) is 14.7. The maximum Gasteiger partial charge on any atom is 0.260 e. The Morgan fingerprint density at radius 2 is 1.81 bits per heavy atom. The van der Waals surface area contributed by atoms with E-state index in [1.165, 1.54) is 0 Å². The zero-order valence-corrected chi connectivity index (χ0v) is 13.1. The molecule has 2 aromatic rings. The van der Waals surface area contributed by atoms with Crippen molar-refractivity contribution >= 4 is 17.3 Å². The Morgan fingerprint density at radius 3 is 2.43 bits per heavy atom. The van der Waals surface area contributed by atoms with Gasteiger partial charge in [0, 0.05) is 25.0 Å². The summed E-state index contributed by atoms with van der Waals surface area (Å²) in [5.41, 5.74) is 4.79. The third kappa shape index (κ3) is 3.24. The Labute approximate surface area is 126 Å². The fourth-order valence-corrected chi connectivity index (χ4v) is 2.44. The van der Waals surface area contributed by atoms with Crippen molar-refractivity contribution in [2.75, 3.05) is 23.8 Å². The van der Waals surface area contributed by atoms with Gasteiger partial charge in [0.05, 0.1) is 5.56 Å². The summed E-state index contributed by atoms with van der Waals surface area (Å²) in [6, 6.07) is 13.9. The van der Waals surface area contributed by atoms with E-state index >= 15 is 0 Å². The predicted octanol–water partition coefficient (Wildman–Crippen LogP) is 4.01. The van der Waals surface area contributed by atoms with Crippen molar-refractivity contribution in [2.24, 2.45) is 0 Å². The number of anilines is 2. The van der Waals surface area contributed by atoms with Crippen molar-refractivity contribution in [3.63, 3.8) is 0 Å². The number of carbonyl (C=O) groups is 1. The highest BCUT2D eigenvalue weighted by Crippen LogP contribution is 2.23. The zero-order chi connectivity index (χ0) is 15.4. The van der Waals surface area contributed by atoms with Crippen LogP contribution in [0.25, 0.3) is 0 Å². The summed E-state index contributed by atoms with van der Waals surface area (Å²) < 4.78 is 0. The molecule has 110 valence electrons. The lowest BCUT2D eigenvalue weighted by Gasteiger charge is -2.23. The molecule has 0 fully saturated rings. The molecule has 0 aliphatic heterocycles. The molecular formula is C18H22N2O. The number of nitrogens with zero attached hydrogens (tertiary/aromatic N) is 1. The molecule has 0 saturated carbocycles. The first-order chi connectivity index (χ1) is 10.1. The molecule has 3 heteroatoms. The molecule has 0 spiro atoms. The van der Waals surface area contributed by atoms with E-state index in [1.54, 1.807) is 4.90 Å². The van der Waals surface area contributed by atoms with Gasteiger partial charge in [-0.05, 0) is 56.2 Å². The second kappa shape index (κ2) is 6.44. The normalized spacial score (nSPS) is 10.3. The van der Waals surface area contributed by atoms with Crippen LogP contribution in [0.3, 0.4) is 0 Å². The van der Waals surface area contributed by atoms with Gasteiger partial charge in [-0.25, -0.2) is 0 Å². The maximum atomic E-state index is 12.9. The second-order valence-electron chi connectivity index (χ2n) is 5.19. The SMILES string of the molecule is CCN(C(=O)c1ccc(C)cc1NC)c1cccc(C)c1. The van der Waals surface area contributed by atoms with E-state index in [2.05, 4.69) is 5.32 Å². The van der Waals surface area contributed by atoms with Crippen molar-refractivity contribution in [1.29, 1.82) is 0 Å². The molecule has 0 heterocycles. The molecule has 0 aliphatic rings. The molecule has 1 N–H and O–H groups in total. The Balaban J connectivity index is 2.41. The lowest BCUT2D eigenvalue weighted by Crippen LogP contribution is -2.31. The minimum absolute atomic E-state index is 0.0208. The van der Waals surface area contributed by atoms with Gasteiger partial charge in [0.2, 0.25) is 0 Å². The number of hydrogen-bond donors (Lipinski definition) is 1. The van der Waals surface area contributed by atoms with Gasteiger partial charge in [-0.1, -0.05) is 18.2 Å². The van der Waals surface area contributed by atoms with Crippen molar-refractivity contribution in [3.8, 4) is 0 Å². The van der Waals surface area contributed by atoms with Crippen LogP contribution < -0.4 is 10.2 Å². The van der Waals surface area contributed by atoms with Crippen LogP contribution in [-0.2, 0) is 0 Å². The van der Waals surface area contributed by atoms with Gasteiger partial charge < -0.3 is 10.2 Å². The van der Waals surface area contributed by atoms with Crippen molar-refractivity contribution < 1.29 is 4.79 Å². The van der Waals surface area contributed by atoms with Crippen molar-refractivity contribution in [1.82, 2.24) is 0 Å². The van der Waals surface area contributed by atoms with Crippen LogP contribution in [0.15, 0.2) is 42.5 Å². The number of nitrogens with one attached hydrogen (secondary N) is 1. The topological polar surface area (TPSA) is 32.3 Å². The summed E-state index contributed by atoms with van der Waals surface area (Å²) in [5.74, 6) is 0.0208. The van der Waals surface area contributed by atoms with Gasteiger partial charge in [0.25, 0.3) is 5.91 Å². The summed E-state index contributed by atoms with van der Waals surface area (Å²) in [6.45, 7) is 6.69. The lowest BCUT2D eigenvalue weighted by molar-refractivity contribution is 0.0989. The molecule has 0 unspecified atom stereocenters. The van der Waals surface area contributed by atoms with Gasteiger partial charge in [-0.2, -0.15) is 0 Å². The van der Waals surface area contributed by atoms with E-state index in [0.717, 1.165) is 22.5 Å². The molecule has 0 aromatic heterocycles. The van der Waals surface area contributed by atoms with Gasteiger partial charge in [-0.3, -0.25) is 4.79 Å². The van der Waals surface area contributed by atoms with Crippen molar-refractivity contribution in [3.05, 3.63) is 59.2 Å². The Bertz CT molecular complexity index is 649. The van der Waals surface area contributed by atoms with Crippen LogP contribution in [0.1, 0.15) is 28.4 Å². The molecule has 0 aliphatic carbocycles. The highest BCUT2D eigenvalue weighted by atomic mass is 16.2. The first-order valence-electron chi connectivity index (χ1n) is 7.23. The average molecular weight is 282 g/mol. The number of amides is 1. The van der Waals surface area contributed by atoms with E-state index in [1.807, 2.05) is 70.3 Å². The molecule has 2 rings (SSSR count). The van der Waals surface area contributed by atoms with E-state index in [4.69, 9.17) is 0 Å². The van der Waals surface area contributed by atoms with E-state index < -0.39 is 0 Å². The summed E-state index contributed by atoms with van der Waals surface area (Å²) >= 11 is 0. The van der Waals surface area contributed by atoms with E-state index in [-0.39, 0.29) is 5.91 Å². The number of rotatable bonds is 4. The number of carbonyl (C=O) groups excluding carboxylic acids is 1. The third-order valence-electron chi connectivity index (χ3n) is 3.55. The molecule has 1 amide bonds. The van der Waals surface area contributed by atoms with Crippen LogP contribution >= 0.6 is 0 Å². The lowest BCUT2D eigenvalue weighted by atomic mass is 10.1. The van der Waals surface area contributed by atoms with Crippen LogP contribution in [0.4, 0.5) is 11.4 Å². The van der Waals surface area contributed by atoms with Gasteiger partial charge in [0.15, 0.2) is 0 Å². The maximum absolute atomic E-state index is 12.9. The molecule has 0 atom stereocenters.